The maximum Gasteiger partial charge on any atom is 0.414 e. The molecule has 2 aliphatic rings. The number of carbonyl (C=O) groups excluding carboxylic acids is 2. The van der Waals surface area contributed by atoms with Crippen LogP contribution < -0.4 is 20.9 Å². The SMILES string of the molecule is CC(C)(C)OC(=O)Nc1oc2cc(CCN3CC[C@@H](F)C3)cnc2c1C(=O)Nc1cnccc1N1CC(NC(=O)O)CC(C(F)(F)F)C1. The van der Waals surface area contributed by atoms with Crippen LogP contribution >= 0.6 is 0 Å². The molecule has 0 saturated carbocycles. The molecule has 4 N–H and O–H groups in total. The van der Waals surface area contributed by atoms with E-state index in [1.54, 1.807) is 33.0 Å². The molecule has 13 nitrogen and oxygen atoms in total. The van der Waals surface area contributed by atoms with Crippen LogP contribution in [0.3, 0.4) is 0 Å². The highest BCUT2D eigenvalue weighted by molar-refractivity contribution is 6.16. The van der Waals surface area contributed by atoms with Gasteiger partial charge in [-0.1, -0.05) is 0 Å². The van der Waals surface area contributed by atoms with Crippen molar-refractivity contribution in [3.8, 4) is 0 Å². The molecule has 2 fully saturated rings. The summed E-state index contributed by atoms with van der Waals surface area (Å²) < 4.78 is 66.4. The molecule has 3 amide bonds. The highest BCUT2D eigenvalue weighted by atomic mass is 19.4. The monoisotopic (exact) mass is 679 g/mol. The van der Waals surface area contributed by atoms with Crippen LogP contribution in [0.5, 0.6) is 0 Å². The summed E-state index contributed by atoms with van der Waals surface area (Å²) in [5.41, 5.74) is 0.174. The summed E-state index contributed by atoms with van der Waals surface area (Å²) >= 11 is 0. The first-order chi connectivity index (χ1) is 22.6. The molecule has 5 rings (SSSR count). The average molecular weight is 680 g/mol. The van der Waals surface area contributed by atoms with Crippen LogP contribution in [0.25, 0.3) is 11.1 Å². The number of anilines is 3. The lowest BCUT2D eigenvalue weighted by Gasteiger charge is -2.40. The van der Waals surface area contributed by atoms with Gasteiger partial charge in [0.1, 0.15) is 22.9 Å². The zero-order valence-electron chi connectivity index (χ0n) is 26.6. The van der Waals surface area contributed by atoms with Crippen molar-refractivity contribution in [3.05, 3.63) is 41.9 Å². The van der Waals surface area contributed by atoms with E-state index in [1.165, 1.54) is 23.4 Å². The maximum atomic E-state index is 13.9. The predicted octanol–water partition coefficient (Wildman–Crippen LogP) is 5.43. The third kappa shape index (κ3) is 8.62. The Hall–Kier alpha value is -4.67. The number of pyridine rings is 2. The lowest BCUT2D eigenvalue weighted by Crippen LogP contribution is -2.53. The van der Waals surface area contributed by atoms with Crippen molar-refractivity contribution >= 4 is 46.5 Å². The number of halogens is 4. The first-order valence-electron chi connectivity index (χ1n) is 15.4. The largest absolute Gasteiger partial charge is 0.465 e. The van der Waals surface area contributed by atoms with E-state index in [-0.39, 0.29) is 40.5 Å². The summed E-state index contributed by atoms with van der Waals surface area (Å²) in [5.74, 6) is -2.93. The lowest BCUT2D eigenvalue weighted by atomic mass is 9.93. The Morgan fingerprint density at radius 3 is 2.56 bits per heavy atom. The quantitative estimate of drug-likeness (QED) is 0.226. The number of likely N-dealkylation sites (tertiary alicyclic amines) is 1. The van der Waals surface area contributed by atoms with E-state index in [0.29, 0.717) is 32.5 Å². The van der Waals surface area contributed by atoms with Crippen LogP contribution in [-0.2, 0) is 11.2 Å². The zero-order valence-corrected chi connectivity index (χ0v) is 26.6. The molecule has 0 bridgehead atoms. The van der Waals surface area contributed by atoms with E-state index in [4.69, 9.17) is 9.15 Å². The third-order valence-corrected chi connectivity index (χ3v) is 7.99. The molecule has 3 atom stereocenters. The first-order valence-corrected chi connectivity index (χ1v) is 15.4. The number of rotatable bonds is 8. The number of hydrogen-bond donors (Lipinski definition) is 4. The number of carbonyl (C=O) groups is 3. The summed E-state index contributed by atoms with van der Waals surface area (Å²) in [6.45, 7) is 5.97. The van der Waals surface area contributed by atoms with Crippen LogP contribution in [0.15, 0.2) is 35.1 Å². The fourth-order valence-corrected chi connectivity index (χ4v) is 5.88. The minimum Gasteiger partial charge on any atom is -0.465 e. The molecule has 0 spiro atoms. The molecule has 0 aromatic carbocycles. The highest BCUT2D eigenvalue weighted by Crippen LogP contribution is 2.38. The fourth-order valence-electron chi connectivity index (χ4n) is 5.88. The second-order valence-electron chi connectivity index (χ2n) is 12.9. The minimum atomic E-state index is -4.60. The first kappa shape index (κ1) is 34.7. The van der Waals surface area contributed by atoms with Gasteiger partial charge in [0.15, 0.2) is 5.58 Å². The van der Waals surface area contributed by atoms with Crippen LogP contribution in [-0.4, -0.2) is 94.8 Å². The van der Waals surface area contributed by atoms with E-state index < -0.39 is 61.0 Å². The molecule has 3 aromatic rings. The van der Waals surface area contributed by atoms with Gasteiger partial charge in [-0.25, -0.2) is 14.0 Å². The summed E-state index contributed by atoms with van der Waals surface area (Å²) in [6, 6.07) is 2.04. The van der Waals surface area contributed by atoms with Gasteiger partial charge in [0.25, 0.3) is 5.91 Å². The summed E-state index contributed by atoms with van der Waals surface area (Å²) in [6.07, 6.45) is -3.12. The van der Waals surface area contributed by atoms with Gasteiger partial charge in [-0.3, -0.25) is 20.1 Å². The molecule has 48 heavy (non-hydrogen) atoms. The molecule has 2 saturated heterocycles. The third-order valence-electron chi connectivity index (χ3n) is 7.99. The predicted molar refractivity (Wildman–Crippen MR) is 167 cm³/mol. The van der Waals surface area contributed by atoms with Crippen molar-refractivity contribution in [2.75, 3.05) is 48.3 Å². The van der Waals surface area contributed by atoms with E-state index in [9.17, 15) is 37.1 Å². The minimum absolute atomic E-state index is 0.0327. The topological polar surface area (TPSA) is 162 Å². The maximum absolute atomic E-state index is 13.9. The molecular weight excluding hydrogens is 642 g/mol. The molecule has 17 heteroatoms. The van der Waals surface area contributed by atoms with Gasteiger partial charge in [0.05, 0.1) is 29.5 Å². The van der Waals surface area contributed by atoms with Gasteiger partial charge in [0, 0.05) is 45.1 Å². The Morgan fingerprint density at radius 2 is 1.90 bits per heavy atom. The Balaban J connectivity index is 1.44. The number of fused-ring (bicyclic) bond motifs is 1. The van der Waals surface area contributed by atoms with Gasteiger partial charge in [0.2, 0.25) is 5.88 Å². The molecule has 0 radical (unpaired) electrons. The number of carboxylic acid groups (broad SMARTS) is 1. The summed E-state index contributed by atoms with van der Waals surface area (Å²) in [7, 11) is 0. The molecule has 5 heterocycles. The molecule has 260 valence electrons. The Labute approximate surface area is 273 Å². The molecule has 3 aromatic heterocycles. The summed E-state index contributed by atoms with van der Waals surface area (Å²) in [5, 5.41) is 16.4. The number of alkyl halides is 4. The standard InChI is InChI=1S/C31H37F4N7O6/c1-30(2,3)48-29(46)40-27-24(25-23(47-27)10-17(12-37-25)5-8-41-9-6-19(32)15-41)26(43)39-21-13-36-7-4-22(21)42-14-18(31(33,34)35)11-20(16-42)38-28(44)45/h4,7,10,12-13,18-20,38H,5-6,8-9,11,14-16H2,1-3H3,(H,39,43)(H,40,46)(H,44,45)/t18?,19-,20?/m1/s1. The van der Waals surface area contributed by atoms with Gasteiger partial charge in [-0.05, 0) is 57.7 Å². The molecule has 2 aliphatic heterocycles. The van der Waals surface area contributed by atoms with Crippen LogP contribution in [0.1, 0.15) is 49.5 Å². The number of ether oxygens (including phenoxy) is 1. The van der Waals surface area contributed by atoms with Crippen LogP contribution in [0.2, 0.25) is 0 Å². The highest BCUT2D eigenvalue weighted by Gasteiger charge is 2.45. The number of piperidine rings is 1. The van der Waals surface area contributed by atoms with Crippen molar-refractivity contribution in [2.24, 2.45) is 5.92 Å². The van der Waals surface area contributed by atoms with E-state index in [0.717, 1.165) is 5.56 Å². The number of amides is 3. The number of furan rings is 1. The zero-order chi connectivity index (χ0) is 34.8. The normalized spacial score (nSPS) is 20.5. The van der Waals surface area contributed by atoms with Gasteiger partial charge < -0.3 is 34.7 Å². The smallest absolute Gasteiger partial charge is 0.414 e. The van der Waals surface area contributed by atoms with Crippen molar-refractivity contribution < 1.29 is 46.2 Å². The molecular formula is C31H37F4N7O6. The fraction of sp³-hybridized carbons (Fsp3) is 0.516. The van der Waals surface area contributed by atoms with Crippen LogP contribution in [0, 0.1) is 5.92 Å². The summed E-state index contributed by atoms with van der Waals surface area (Å²) in [4.78, 5) is 49.7. The van der Waals surface area contributed by atoms with E-state index >= 15 is 0 Å². The second-order valence-corrected chi connectivity index (χ2v) is 12.9. The average Bonchev–Trinajstić information content (AvgIpc) is 3.56. The van der Waals surface area contributed by atoms with Crippen molar-refractivity contribution in [2.45, 2.75) is 64.0 Å². The van der Waals surface area contributed by atoms with E-state index in [1.807, 2.05) is 4.90 Å². The van der Waals surface area contributed by atoms with E-state index in [2.05, 4.69) is 25.9 Å². The lowest BCUT2D eigenvalue weighted by molar-refractivity contribution is -0.177. The van der Waals surface area contributed by atoms with Crippen LogP contribution in [0.4, 0.5) is 44.4 Å². The van der Waals surface area contributed by atoms with Crippen molar-refractivity contribution in [1.29, 1.82) is 0 Å². The van der Waals surface area contributed by atoms with Crippen molar-refractivity contribution in [1.82, 2.24) is 20.2 Å². The second kappa shape index (κ2) is 13.8. The van der Waals surface area contributed by atoms with Crippen molar-refractivity contribution in [3.63, 3.8) is 0 Å². The van der Waals surface area contributed by atoms with Gasteiger partial charge >= 0.3 is 18.4 Å². The number of aromatic nitrogens is 2. The Bertz CT molecular complexity index is 1660. The number of nitrogens with zero attached hydrogens (tertiary/aromatic N) is 4. The Kier molecular flexibility index (Phi) is 9.98. The van der Waals surface area contributed by atoms with Gasteiger partial charge in [-0.15, -0.1) is 0 Å². The van der Waals surface area contributed by atoms with Gasteiger partial charge in [-0.2, -0.15) is 13.2 Å². The number of nitrogens with one attached hydrogen (secondary N) is 3. The Morgan fingerprint density at radius 1 is 1.12 bits per heavy atom. The number of hydrogen-bond acceptors (Lipinski definition) is 9. The molecule has 0 aliphatic carbocycles. The molecule has 2 unspecified atom stereocenters.